The average Bonchev–Trinajstić information content (AvgIpc) is 2.74. The van der Waals surface area contributed by atoms with E-state index in [1.807, 2.05) is 25.1 Å². The van der Waals surface area contributed by atoms with Crippen molar-refractivity contribution in [2.75, 3.05) is 19.7 Å². The van der Waals surface area contributed by atoms with Gasteiger partial charge in [0.15, 0.2) is 4.75 Å². The standard InChI is InChI=1S/C24H31NO5S/c1-5-30-21-8-6-7-20(16-21)22-10-9-19(15-17(22)2)18-11-13-25(14-12-18)31(28,29)24(3,4)23(26)27/h6-10,15-16,18H,5,11-14H2,1-4H3,(H,26,27). The van der Waals surface area contributed by atoms with Gasteiger partial charge in [0.25, 0.3) is 0 Å². The first-order chi connectivity index (χ1) is 14.6. The van der Waals surface area contributed by atoms with Gasteiger partial charge >= 0.3 is 5.97 Å². The number of carboxylic acid groups (broad SMARTS) is 1. The van der Waals surface area contributed by atoms with Gasteiger partial charge in [0, 0.05) is 13.1 Å². The lowest BCUT2D eigenvalue weighted by Gasteiger charge is -2.35. The maximum Gasteiger partial charge on any atom is 0.325 e. The lowest BCUT2D eigenvalue weighted by atomic mass is 9.87. The van der Waals surface area contributed by atoms with Gasteiger partial charge in [-0.1, -0.05) is 30.3 Å². The summed E-state index contributed by atoms with van der Waals surface area (Å²) in [7, 11) is -3.90. The van der Waals surface area contributed by atoms with Crippen LogP contribution >= 0.6 is 0 Å². The molecule has 0 radical (unpaired) electrons. The topological polar surface area (TPSA) is 83.9 Å². The molecular formula is C24H31NO5S. The number of benzene rings is 2. The van der Waals surface area contributed by atoms with Gasteiger partial charge in [0.1, 0.15) is 5.75 Å². The summed E-state index contributed by atoms with van der Waals surface area (Å²) in [6, 6.07) is 14.5. The summed E-state index contributed by atoms with van der Waals surface area (Å²) in [6.45, 7) is 7.84. The maximum atomic E-state index is 12.8. The summed E-state index contributed by atoms with van der Waals surface area (Å²) in [5.74, 6) is -0.225. The molecule has 0 amide bonds. The Morgan fingerprint density at radius 3 is 2.42 bits per heavy atom. The zero-order chi connectivity index (χ0) is 22.8. The Hall–Kier alpha value is -2.38. The van der Waals surface area contributed by atoms with E-state index in [1.54, 1.807) is 0 Å². The predicted octanol–water partition coefficient (Wildman–Crippen LogP) is 4.43. The van der Waals surface area contributed by atoms with E-state index in [0.29, 0.717) is 32.5 Å². The Morgan fingerprint density at radius 1 is 1.16 bits per heavy atom. The zero-order valence-electron chi connectivity index (χ0n) is 18.6. The molecule has 0 spiro atoms. The number of aliphatic carboxylic acids is 1. The molecule has 1 fully saturated rings. The highest BCUT2D eigenvalue weighted by molar-refractivity contribution is 7.91. The normalized spacial score (nSPS) is 16.3. The summed E-state index contributed by atoms with van der Waals surface area (Å²) in [5, 5.41) is 9.32. The summed E-state index contributed by atoms with van der Waals surface area (Å²) in [4.78, 5) is 11.4. The van der Waals surface area contributed by atoms with Crippen LogP contribution in [-0.4, -0.2) is 48.2 Å². The first-order valence-electron chi connectivity index (χ1n) is 10.6. The van der Waals surface area contributed by atoms with Crippen LogP contribution in [0.2, 0.25) is 0 Å². The monoisotopic (exact) mass is 445 g/mol. The number of aryl methyl sites for hydroxylation is 1. The summed E-state index contributed by atoms with van der Waals surface area (Å²) in [5.41, 5.74) is 4.60. The van der Waals surface area contributed by atoms with Crippen molar-refractivity contribution in [1.29, 1.82) is 0 Å². The second kappa shape index (κ2) is 9.01. The van der Waals surface area contributed by atoms with Gasteiger partial charge in [-0.25, -0.2) is 12.7 Å². The minimum atomic E-state index is -3.90. The fourth-order valence-corrected chi connectivity index (χ4v) is 5.61. The second-order valence-corrected chi connectivity index (χ2v) is 11.0. The van der Waals surface area contributed by atoms with Crippen LogP contribution in [0.5, 0.6) is 5.75 Å². The minimum Gasteiger partial charge on any atom is -0.494 e. The number of rotatable bonds is 7. The molecule has 0 aliphatic carbocycles. The Bertz CT molecular complexity index is 1050. The second-order valence-electron chi connectivity index (χ2n) is 8.53. The Kier molecular flexibility index (Phi) is 6.76. The molecule has 0 saturated carbocycles. The molecule has 1 N–H and O–H groups in total. The number of nitrogens with zero attached hydrogens (tertiary/aromatic N) is 1. The molecule has 3 rings (SSSR count). The number of carbonyl (C=O) groups is 1. The third-order valence-electron chi connectivity index (χ3n) is 6.13. The molecule has 0 atom stereocenters. The van der Waals surface area contributed by atoms with Crippen LogP contribution in [0.1, 0.15) is 50.7 Å². The highest BCUT2D eigenvalue weighted by Crippen LogP contribution is 2.35. The molecule has 2 aromatic rings. The molecule has 1 aliphatic heterocycles. The van der Waals surface area contributed by atoms with E-state index < -0.39 is 20.7 Å². The third-order valence-corrected chi connectivity index (χ3v) is 8.64. The van der Waals surface area contributed by atoms with E-state index in [2.05, 4.69) is 31.2 Å². The molecule has 0 unspecified atom stereocenters. The smallest absolute Gasteiger partial charge is 0.325 e. The molecule has 6 nitrogen and oxygen atoms in total. The lowest BCUT2D eigenvalue weighted by Crippen LogP contribution is -2.51. The molecule has 1 heterocycles. The van der Waals surface area contributed by atoms with E-state index >= 15 is 0 Å². The van der Waals surface area contributed by atoms with Gasteiger partial charge < -0.3 is 9.84 Å². The predicted molar refractivity (Wildman–Crippen MR) is 122 cm³/mol. The van der Waals surface area contributed by atoms with Gasteiger partial charge in [0.05, 0.1) is 6.61 Å². The van der Waals surface area contributed by atoms with Crippen molar-refractivity contribution in [1.82, 2.24) is 4.31 Å². The molecular weight excluding hydrogens is 414 g/mol. The number of ether oxygens (including phenoxy) is 1. The van der Waals surface area contributed by atoms with E-state index in [4.69, 9.17) is 4.74 Å². The quantitative estimate of drug-likeness (QED) is 0.681. The van der Waals surface area contributed by atoms with Crippen molar-refractivity contribution >= 4 is 16.0 Å². The van der Waals surface area contributed by atoms with E-state index in [-0.39, 0.29) is 5.92 Å². The summed E-state index contributed by atoms with van der Waals surface area (Å²) < 4.78 is 30.6. The molecule has 7 heteroatoms. The van der Waals surface area contributed by atoms with Crippen molar-refractivity contribution in [3.05, 3.63) is 53.6 Å². The number of hydrogen-bond donors (Lipinski definition) is 1. The van der Waals surface area contributed by atoms with E-state index in [9.17, 15) is 18.3 Å². The van der Waals surface area contributed by atoms with Crippen molar-refractivity contribution in [2.24, 2.45) is 0 Å². The van der Waals surface area contributed by atoms with Crippen LogP contribution in [0.4, 0.5) is 0 Å². The average molecular weight is 446 g/mol. The zero-order valence-corrected chi connectivity index (χ0v) is 19.4. The van der Waals surface area contributed by atoms with Gasteiger partial charge in [-0.3, -0.25) is 4.79 Å². The van der Waals surface area contributed by atoms with Crippen LogP contribution < -0.4 is 4.74 Å². The van der Waals surface area contributed by atoms with Crippen LogP contribution in [0.15, 0.2) is 42.5 Å². The molecule has 2 aromatic carbocycles. The maximum absolute atomic E-state index is 12.8. The van der Waals surface area contributed by atoms with Crippen LogP contribution in [0.3, 0.4) is 0 Å². The Morgan fingerprint density at radius 2 is 1.84 bits per heavy atom. The molecule has 31 heavy (non-hydrogen) atoms. The fourth-order valence-electron chi connectivity index (χ4n) is 4.05. The van der Waals surface area contributed by atoms with Crippen LogP contribution in [0, 0.1) is 6.92 Å². The van der Waals surface area contributed by atoms with Crippen molar-refractivity contribution in [3.8, 4) is 16.9 Å². The largest absolute Gasteiger partial charge is 0.494 e. The number of hydrogen-bond acceptors (Lipinski definition) is 4. The number of piperidine rings is 1. The van der Waals surface area contributed by atoms with Gasteiger partial charge in [0.2, 0.25) is 10.0 Å². The lowest BCUT2D eigenvalue weighted by molar-refractivity contribution is -0.139. The first kappa shape index (κ1) is 23.3. The van der Waals surface area contributed by atoms with Crippen LogP contribution in [-0.2, 0) is 14.8 Å². The molecule has 168 valence electrons. The minimum absolute atomic E-state index is 0.252. The number of sulfonamides is 1. The van der Waals surface area contributed by atoms with Gasteiger partial charge in [-0.05, 0) is 80.8 Å². The Balaban J connectivity index is 1.74. The van der Waals surface area contributed by atoms with Crippen molar-refractivity contribution < 1.29 is 23.1 Å². The first-order valence-corrected chi connectivity index (χ1v) is 12.1. The molecule has 0 bridgehead atoms. The molecule has 1 saturated heterocycles. The SMILES string of the molecule is CCOc1cccc(-c2ccc(C3CCN(S(=O)(=O)C(C)(C)C(=O)O)CC3)cc2C)c1. The molecule has 0 aromatic heterocycles. The van der Waals surface area contributed by atoms with Crippen LogP contribution in [0.25, 0.3) is 11.1 Å². The van der Waals surface area contributed by atoms with Gasteiger partial charge in [-0.15, -0.1) is 0 Å². The summed E-state index contributed by atoms with van der Waals surface area (Å²) >= 11 is 0. The Labute approximate surface area is 184 Å². The van der Waals surface area contributed by atoms with Gasteiger partial charge in [-0.2, -0.15) is 0 Å². The fraction of sp³-hybridized carbons (Fsp3) is 0.458. The van der Waals surface area contributed by atoms with E-state index in [0.717, 1.165) is 22.4 Å². The van der Waals surface area contributed by atoms with E-state index in [1.165, 1.54) is 23.7 Å². The highest BCUT2D eigenvalue weighted by atomic mass is 32.2. The van der Waals surface area contributed by atoms with Crippen molar-refractivity contribution in [3.63, 3.8) is 0 Å². The van der Waals surface area contributed by atoms with Crippen molar-refractivity contribution in [2.45, 2.75) is 51.2 Å². The summed E-state index contributed by atoms with van der Waals surface area (Å²) in [6.07, 6.45) is 1.35. The molecule has 1 aliphatic rings. The third kappa shape index (κ3) is 4.62. The highest BCUT2D eigenvalue weighted by Gasteiger charge is 2.46. The number of carboxylic acids is 1.